The molecule has 0 atom stereocenters. The Morgan fingerprint density at radius 1 is 1.24 bits per heavy atom. The molecule has 0 bridgehead atoms. The smallest absolute Gasteiger partial charge is 0.252 e. The summed E-state index contributed by atoms with van der Waals surface area (Å²) in [6, 6.07) is 4.61. The summed E-state index contributed by atoms with van der Waals surface area (Å²) in [5.41, 5.74) is -0.625. The molecule has 0 unspecified atom stereocenters. The van der Waals surface area contributed by atoms with Crippen LogP contribution in [0.3, 0.4) is 0 Å². The van der Waals surface area contributed by atoms with Gasteiger partial charge in [-0.25, -0.2) is 4.39 Å². The number of rotatable bonds is 1. The third-order valence-corrected chi connectivity index (χ3v) is 4.90. The summed E-state index contributed by atoms with van der Waals surface area (Å²) in [6.45, 7) is 0.200. The molecule has 1 heterocycles. The van der Waals surface area contributed by atoms with Crippen LogP contribution in [0.1, 0.15) is 32.1 Å². The molecular formula is C15H16BrFN2O2. The quantitative estimate of drug-likeness (QED) is 0.842. The zero-order valence-corrected chi connectivity index (χ0v) is 13.1. The molecule has 1 saturated carbocycles. The van der Waals surface area contributed by atoms with Gasteiger partial charge in [-0.15, -0.1) is 0 Å². The molecule has 2 amide bonds. The molecule has 0 radical (unpaired) electrons. The first-order valence-corrected chi connectivity index (χ1v) is 7.90. The van der Waals surface area contributed by atoms with Crippen LogP contribution in [0.2, 0.25) is 0 Å². The van der Waals surface area contributed by atoms with Gasteiger partial charge in [0.1, 0.15) is 11.4 Å². The van der Waals surface area contributed by atoms with Crippen LogP contribution in [0.5, 0.6) is 0 Å². The Morgan fingerprint density at radius 3 is 2.62 bits per heavy atom. The SMILES string of the molecule is O=C1CCN(c2c(F)cccc2Br)C(=O)C2(CCCC2)N1. The van der Waals surface area contributed by atoms with Crippen LogP contribution in [-0.2, 0) is 9.59 Å². The van der Waals surface area contributed by atoms with Crippen molar-refractivity contribution in [3.05, 3.63) is 28.5 Å². The van der Waals surface area contributed by atoms with E-state index in [1.165, 1.54) is 11.0 Å². The van der Waals surface area contributed by atoms with E-state index < -0.39 is 11.4 Å². The summed E-state index contributed by atoms with van der Waals surface area (Å²) >= 11 is 3.31. The highest BCUT2D eigenvalue weighted by Crippen LogP contribution is 2.37. The topological polar surface area (TPSA) is 49.4 Å². The van der Waals surface area contributed by atoms with Crippen LogP contribution < -0.4 is 10.2 Å². The zero-order chi connectivity index (χ0) is 15.0. The van der Waals surface area contributed by atoms with Gasteiger partial charge in [0.15, 0.2) is 0 Å². The number of nitrogens with zero attached hydrogens (tertiary/aromatic N) is 1. The molecule has 4 nitrogen and oxygen atoms in total. The molecule has 21 heavy (non-hydrogen) atoms. The first kappa shape index (κ1) is 14.5. The lowest BCUT2D eigenvalue weighted by Crippen LogP contribution is -2.55. The van der Waals surface area contributed by atoms with Gasteiger partial charge in [-0.1, -0.05) is 18.9 Å². The Hall–Kier alpha value is -1.43. The number of nitrogens with one attached hydrogen (secondary N) is 1. The number of para-hydroxylation sites is 1. The van der Waals surface area contributed by atoms with Crippen molar-refractivity contribution < 1.29 is 14.0 Å². The summed E-state index contributed by atoms with van der Waals surface area (Å²) in [4.78, 5) is 26.3. The molecule has 3 rings (SSSR count). The number of amides is 2. The van der Waals surface area contributed by atoms with Gasteiger partial charge in [-0.2, -0.15) is 0 Å². The average molecular weight is 355 g/mol. The maximum absolute atomic E-state index is 14.2. The van der Waals surface area contributed by atoms with E-state index in [2.05, 4.69) is 21.2 Å². The summed E-state index contributed by atoms with van der Waals surface area (Å²) in [7, 11) is 0. The molecule has 1 saturated heterocycles. The van der Waals surface area contributed by atoms with E-state index in [1.807, 2.05) is 0 Å². The zero-order valence-electron chi connectivity index (χ0n) is 11.5. The molecule has 1 spiro atoms. The number of hydrogen-bond donors (Lipinski definition) is 1. The maximum atomic E-state index is 14.2. The summed E-state index contributed by atoms with van der Waals surface area (Å²) in [5.74, 6) is -0.794. The van der Waals surface area contributed by atoms with E-state index in [4.69, 9.17) is 0 Å². The highest BCUT2D eigenvalue weighted by Gasteiger charge is 2.47. The van der Waals surface area contributed by atoms with Crippen LogP contribution >= 0.6 is 15.9 Å². The van der Waals surface area contributed by atoms with Crippen molar-refractivity contribution in [2.24, 2.45) is 0 Å². The van der Waals surface area contributed by atoms with Gasteiger partial charge in [-0.05, 0) is 40.9 Å². The van der Waals surface area contributed by atoms with Gasteiger partial charge in [0, 0.05) is 17.4 Å². The fourth-order valence-corrected chi connectivity index (χ4v) is 3.79. The van der Waals surface area contributed by atoms with Crippen LogP contribution in [0.4, 0.5) is 10.1 Å². The Morgan fingerprint density at radius 2 is 1.95 bits per heavy atom. The van der Waals surface area contributed by atoms with Gasteiger partial charge in [0.05, 0.1) is 5.69 Å². The number of carbonyl (C=O) groups excluding carboxylic acids is 2. The van der Waals surface area contributed by atoms with Crippen molar-refractivity contribution in [2.45, 2.75) is 37.6 Å². The molecule has 1 aliphatic heterocycles. The minimum Gasteiger partial charge on any atom is -0.342 e. The van der Waals surface area contributed by atoms with E-state index in [1.54, 1.807) is 12.1 Å². The maximum Gasteiger partial charge on any atom is 0.252 e. The van der Waals surface area contributed by atoms with Crippen LogP contribution in [0.15, 0.2) is 22.7 Å². The second-order valence-corrected chi connectivity index (χ2v) is 6.47. The van der Waals surface area contributed by atoms with Crippen LogP contribution in [0.25, 0.3) is 0 Å². The van der Waals surface area contributed by atoms with Crippen LogP contribution in [-0.4, -0.2) is 23.9 Å². The van der Waals surface area contributed by atoms with E-state index in [-0.39, 0.29) is 30.5 Å². The number of carbonyl (C=O) groups is 2. The normalized spacial score (nSPS) is 21.5. The second kappa shape index (κ2) is 5.40. The summed E-state index contributed by atoms with van der Waals surface area (Å²) < 4.78 is 14.7. The lowest BCUT2D eigenvalue weighted by molar-refractivity contribution is -0.129. The first-order valence-electron chi connectivity index (χ1n) is 7.10. The van der Waals surface area contributed by atoms with Crippen LogP contribution in [0, 0.1) is 5.82 Å². The van der Waals surface area contributed by atoms with Gasteiger partial charge in [0.25, 0.3) is 5.91 Å². The van der Waals surface area contributed by atoms with E-state index in [0.717, 1.165) is 12.8 Å². The van der Waals surface area contributed by atoms with Gasteiger partial charge < -0.3 is 10.2 Å². The monoisotopic (exact) mass is 354 g/mol. The molecular weight excluding hydrogens is 339 g/mol. The molecule has 112 valence electrons. The number of anilines is 1. The largest absolute Gasteiger partial charge is 0.342 e. The summed E-state index contributed by atoms with van der Waals surface area (Å²) in [5, 5.41) is 2.87. The first-order chi connectivity index (χ1) is 10.0. The van der Waals surface area contributed by atoms with E-state index in [9.17, 15) is 14.0 Å². The minimum atomic E-state index is -0.852. The van der Waals surface area contributed by atoms with Crippen molar-refractivity contribution >= 4 is 33.4 Å². The second-order valence-electron chi connectivity index (χ2n) is 5.61. The third-order valence-electron chi connectivity index (χ3n) is 4.26. The predicted octanol–water partition coefficient (Wildman–Crippen LogP) is 2.75. The Balaban J connectivity index is 2.05. The van der Waals surface area contributed by atoms with Crippen molar-refractivity contribution in [2.75, 3.05) is 11.4 Å². The van der Waals surface area contributed by atoms with E-state index >= 15 is 0 Å². The molecule has 2 aliphatic rings. The molecule has 1 aromatic rings. The van der Waals surface area contributed by atoms with Crippen molar-refractivity contribution in [1.29, 1.82) is 0 Å². The molecule has 2 fully saturated rings. The highest BCUT2D eigenvalue weighted by molar-refractivity contribution is 9.10. The average Bonchev–Trinajstić information content (AvgIpc) is 2.86. The Bertz CT molecular complexity index is 579. The minimum absolute atomic E-state index is 0.139. The lowest BCUT2D eigenvalue weighted by Gasteiger charge is -2.32. The fourth-order valence-electron chi connectivity index (χ4n) is 3.23. The Kier molecular flexibility index (Phi) is 3.73. The van der Waals surface area contributed by atoms with E-state index in [0.29, 0.717) is 17.3 Å². The summed E-state index contributed by atoms with van der Waals surface area (Å²) in [6.07, 6.45) is 3.24. The third kappa shape index (κ3) is 2.46. The standard InChI is InChI=1S/C15H16BrFN2O2/c16-10-4-3-5-11(17)13(10)19-9-6-12(20)18-15(14(19)21)7-1-2-8-15/h3-5H,1-2,6-9H2,(H,18,20). The number of benzene rings is 1. The lowest BCUT2D eigenvalue weighted by atomic mass is 9.95. The molecule has 0 aromatic heterocycles. The molecule has 1 aromatic carbocycles. The predicted molar refractivity (Wildman–Crippen MR) is 80.4 cm³/mol. The van der Waals surface area contributed by atoms with Gasteiger partial charge in [-0.3, -0.25) is 9.59 Å². The number of halogens is 2. The number of hydrogen-bond acceptors (Lipinski definition) is 2. The molecule has 6 heteroatoms. The fraction of sp³-hybridized carbons (Fsp3) is 0.467. The molecule has 1 aliphatic carbocycles. The Labute approximate surface area is 130 Å². The molecule has 1 N–H and O–H groups in total. The van der Waals surface area contributed by atoms with Crippen molar-refractivity contribution in [1.82, 2.24) is 5.32 Å². The van der Waals surface area contributed by atoms with Gasteiger partial charge in [0.2, 0.25) is 5.91 Å². The van der Waals surface area contributed by atoms with Crippen molar-refractivity contribution in [3.63, 3.8) is 0 Å². The van der Waals surface area contributed by atoms with Gasteiger partial charge >= 0.3 is 0 Å². The van der Waals surface area contributed by atoms with Crippen molar-refractivity contribution in [3.8, 4) is 0 Å². The highest BCUT2D eigenvalue weighted by atomic mass is 79.9.